The molecule has 0 aromatic heterocycles. The molecular formula is C10H16BNNa. The van der Waals surface area contributed by atoms with E-state index >= 15 is 0 Å². The van der Waals surface area contributed by atoms with E-state index in [-0.39, 0.29) is 29.6 Å². The number of rotatable bonds is 2. The van der Waals surface area contributed by atoms with Crippen LogP contribution in [0.15, 0.2) is 30.3 Å². The van der Waals surface area contributed by atoms with E-state index < -0.39 is 0 Å². The molecule has 3 radical (unpaired) electrons. The van der Waals surface area contributed by atoms with Crippen molar-refractivity contribution in [2.75, 3.05) is 13.1 Å². The standard InChI is InChI=1S/C6H5B.C4H11N.Na/c7-6-4-2-1-3-5-6;1-3-5-4-2;/h1-5H;5H,3-4H2,1-2H3;. The van der Waals surface area contributed by atoms with Crippen molar-refractivity contribution >= 4 is 42.9 Å². The van der Waals surface area contributed by atoms with Crippen LogP contribution in [0.1, 0.15) is 13.8 Å². The molecule has 0 fully saturated rings. The van der Waals surface area contributed by atoms with Gasteiger partial charge in [-0.2, -0.15) is 0 Å². The van der Waals surface area contributed by atoms with E-state index in [0.29, 0.717) is 0 Å². The second-order valence-corrected chi connectivity index (χ2v) is 2.37. The summed E-state index contributed by atoms with van der Waals surface area (Å²) in [6.07, 6.45) is 0. The summed E-state index contributed by atoms with van der Waals surface area (Å²) in [7, 11) is 5.36. The Hall–Kier alpha value is 0.245. The van der Waals surface area contributed by atoms with Crippen molar-refractivity contribution in [3.05, 3.63) is 30.3 Å². The molecule has 65 valence electrons. The van der Waals surface area contributed by atoms with Gasteiger partial charge in [0.1, 0.15) is 7.85 Å². The van der Waals surface area contributed by atoms with Crippen LogP contribution in [0.4, 0.5) is 0 Å². The SMILES string of the molecule is CCNCC.[B]c1ccccc1.[Na]. The van der Waals surface area contributed by atoms with Crippen molar-refractivity contribution in [3.63, 3.8) is 0 Å². The third kappa shape index (κ3) is 12.2. The summed E-state index contributed by atoms with van der Waals surface area (Å²) in [5, 5.41) is 3.11. The predicted octanol–water partition coefficient (Wildman–Crippen LogP) is 0.715. The molecule has 1 N–H and O–H groups in total. The summed E-state index contributed by atoms with van der Waals surface area (Å²) in [5.41, 5.74) is 0.822. The van der Waals surface area contributed by atoms with Crippen molar-refractivity contribution in [2.45, 2.75) is 13.8 Å². The fraction of sp³-hybridized carbons (Fsp3) is 0.400. The molecule has 0 heterocycles. The molecular weight excluding hydrogens is 168 g/mol. The molecule has 1 rings (SSSR count). The quantitative estimate of drug-likeness (QED) is 0.667. The summed E-state index contributed by atoms with van der Waals surface area (Å²) in [6, 6.07) is 9.49. The van der Waals surface area contributed by atoms with Gasteiger partial charge in [-0.3, -0.25) is 0 Å². The Labute approximate surface area is 105 Å². The van der Waals surface area contributed by atoms with Gasteiger partial charge in [-0.1, -0.05) is 49.6 Å². The maximum absolute atomic E-state index is 5.36. The van der Waals surface area contributed by atoms with E-state index in [0.717, 1.165) is 18.6 Å². The molecule has 0 aliphatic heterocycles. The first-order chi connectivity index (χ1) is 5.81. The molecule has 0 spiro atoms. The molecule has 1 aromatic carbocycles. The summed E-state index contributed by atoms with van der Waals surface area (Å²) in [6.45, 7) is 6.39. The second-order valence-electron chi connectivity index (χ2n) is 2.37. The van der Waals surface area contributed by atoms with Crippen LogP contribution in [-0.2, 0) is 0 Å². The molecule has 0 aliphatic carbocycles. The third-order valence-corrected chi connectivity index (χ3v) is 1.30. The molecule has 1 nitrogen and oxygen atoms in total. The van der Waals surface area contributed by atoms with Crippen molar-refractivity contribution in [2.24, 2.45) is 0 Å². The molecule has 1 aromatic rings. The van der Waals surface area contributed by atoms with Gasteiger partial charge in [0.05, 0.1) is 0 Å². The van der Waals surface area contributed by atoms with Gasteiger partial charge in [0, 0.05) is 29.6 Å². The van der Waals surface area contributed by atoms with E-state index in [4.69, 9.17) is 7.85 Å². The number of hydrogen-bond acceptors (Lipinski definition) is 1. The fourth-order valence-corrected chi connectivity index (χ4v) is 0.703. The first-order valence-electron chi connectivity index (χ1n) is 4.32. The van der Waals surface area contributed by atoms with Crippen LogP contribution in [0, 0.1) is 0 Å². The first kappa shape index (κ1) is 15.7. The number of nitrogens with one attached hydrogen (secondary N) is 1. The molecule has 0 amide bonds. The Morgan fingerprint density at radius 1 is 1.08 bits per heavy atom. The van der Waals surface area contributed by atoms with E-state index in [1.165, 1.54) is 0 Å². The normalized spacial score (nSPS) is 7.85. The summed E-state index contributed by atoms with van der Waals surface area (Å²) < 4.78 is 0. The van der Waals surface area contributed by atoms with Gasteiger partial charge in [-0.25, -0.2) is 0 Å². The van der Waals surface area contributed by atoms with Gasteiger partial charge in [-0.05, 0) is 13.1 Å². The molecule has 0 saturated heterocycles. The van der Waals surface area contributed by atoms with Crippen LogP contribution in [0.5, 0.6) is 0 Å². The summed E-state index contributed by atoms with van der Waals surface area (Å²) in [4.78, 5) is 0. The maximum Gasteiger partial charge on any atom is 0.113 e. The topological polar surface area (TPSA) is 12.0 Å². The molecule has 0 aliphatic rings. The van der Waals surface area contributed by atoms with Crippen LogP contribution >= 0.6 is 0 Å². The zero-order valence-electron chi connectivity index (χ0n) is 8.88. The third-order valence-electron chi connectivity index (χ3n) is 1.30. The molecule has 0 bridgehead atoms. The minimum Gasteiger partial charge on any atom is -0.317 e. The van der Waals surface area contributed by atoms with Crippen LogP contribution in [0.3, 0.4) is 0 Å². The van der Waals surface area contributed by atoms with Gasteiger partial charge >= 0.3 is 0 Å². The van der Waals surface area contributed by atoms with E-state index in [1.54, 1.807) is 0 Å². The van der Waals surface area contributed by atoms with E-state index in [2.05, 4.69) is 19.2 Å². The predicted molar refractivity (Wildman–Crippen MR) is 61.8 cm³/mol. The summed E-state index contributed by atoms with van der Waals surface area (Å²) >= 11 is 0. The van der Waals surface area contributed by atoms with Crippen LogP contribution < -0.4 is 10.8 Å². The van der Waals surface area contributed by atoms with Gasteiger partial charge in [0.2, 0.25) is 0 Å². The van der Waals surface area contributed by atoms with Crippen LogP contribution in [0.25, 0.3) is 0 Å². The Morgan fingerprint density at radius 3 is 1.69 bits per heavy atom. The minimum absolute atomic E-state index is 0. The average Bonchev–Trinajstić information content (AvgIpc) is 2.08. The maximum atomic E-state index is 5.36. The van der Waals surface area contributed by atoms with Gasteiger partial charge in [0.15, 0.2) is 0 Å². The molecule has 3 heteroatoms. The van der Waals surface area contributed by atoms with Crippen LogP contribution in [0.2, 0.25) is 0 Å². The Bertz CT molecular complexity index is 178. The molecule has 13 heavy (non-hydrogen) atoms. The van der Waals surface area contributed by atoms with Crippen molar-refractivity contribution in [1.29, 1.82) is 0 Å². The summed E-state index contributed by atoms with van der Waals surface area (Å²) in [5.74, 6) is 0. The molecule has 0 saturated carbocycles. The zero-order valence-corrected chi connectivity index (χ0v) is 10.9. The first-order valence-corrected chi connectivity index (χ1v) is 4.32. The van der Waals surface area contributed by atoms with Gasteiger partial charge < -0.3 is 5.32 Å². The second kappa shape index (κ2) is 12.2. The van der Waals surface area contributed by atoms with E-state index in [1.807, 2.05) is 30.3 Å². The van der Waals surface area contributed by atoms with Crippen molar-refractivity contribution in [1.82, 2.24) is 5.32 Å². The largest absolute Gasteiger partial charge is 0.317 e. The fourth-order valence-electron chi connectivity index (χ4n) is 0.703. The number of benzene rings is 1. The smallest absolute Gasteiger partial charge is 0.113 e. The monoisotopic (exact) mass is 184 g/mol. The van der Waals surface area contributed by atoms with Crippen molar-refractivity contribution < 1.29 is 0 Å². The van der Waals surface area contributed by atoms with E-state index in [9.17, 15) is 0 Å². The van der Waals surface area contributed by atoms with Gasteiger partial charge in [-0.15, -0.1) is 0 Å². The Kier molecular flexibility index (Phi) is 14.8. The number of hydrogen-bond donors (Lipinski definition) is 1. The van der Waals surface area contributed by atoms with Crippen molar-refractivity contribution in [3.8, 4) is 0 Å². The average molecular weight is 184 g/mol. The Balaban J connectivity index is 0. The zero-order chi connectivity index (χ0) is 9.23. The molecule has 0 unspecified atom stereocenters. The van der Waals surface area contributed by atoms with Gasteiger partial charge in [0.25, 0.3) is 0 Å². The van der Waals surface area contributed by atoms with Crippen LogP contribution in [-0.4, -0.2) is 50.5 Å². The Morgan fingerprint density at radius 2 is 1.54 bits per heavy atom. The minimum atomic E-state index is 0. The molecule has 0 atom stereocenters.